The van der Waals surface area contributed by atoms with Crippen molar-refractivity contribution in [2.45, 2.75) is 0 Å². The first-order valence-corrected chi connectivity index (χ1v) is 4.81. The molecule has 4 N–H and O–H groups in total. The van der Waals surface area contributed by atoms with Crippen LogP contribution in [0.1, 0.15) is 0 Å². The fourth-order valence-electron chi connectivity index (χ4n) is 1.16. The average molecular weight is 233 g/mol. The minimum atomic E-state index is -0.0553. The Morgan fingerprint density at radius 3 is 2.47 bits per heavy atom. The van der Waals surface area contributed by atoms with Gasteiger partial charge in [-0.05, 0) is 0 Å². The van der Waals surface area contributed by atoms with Crippen molar-refractivity contribution < 1.29 is 10.2 Å². The first-order chi connectivity index (χ1) is 7.19. The number of anilines is 2. The molecule has 0 amide bonds. The lowest BCUT2D eigenvalue weighted by atomic mass is 10.4. The highest BCUT2D eigenvalue weighted by Crippen LogP contribution is 2.22. The lowest BCUT2D eigenvalue weighted by molar-refractivity contribution is 0.280. The highest BCUT2D eigenvalue weighted by atomic mass is 35.5. The Morgan fingerprint density at radius 2 is 1.93 bits per heavy atom. The highest BCUT2D eigenvalue weighted by molar-refractivity contribution is 6.32. The number of hydrogen-bond donors (Lipinski definition) is 3. The molecule has 0 saturated carbocycles. The van der Waals surface area contributed by atoms with Crippen molar-refractivity contribution in [2.75, 3.05) is 36.9 Å². The Morgan fingerprint density at radius 1 is 1.33 bits per heavy atom. The topological polar surface area (TPSA) is 95.5 Å². The lowest BCUT2D eigenvalue weighted by Crippen LogP contribution is -2.31. The molecular formula is C8H13ClN4O2. The van der Waals surface area contributed by atoms with Crippen LogP contribution in [0.15, 0.2) is 6.20 Å². The summed E-state index contributed by atoms with van der Waals surface area (Å²) >= 11 is 5.88. The molecular weight excluding hydrogens is 220 g/mol. The molecule has 0 bridgehead atoms. The molecule has 0 aliphatic heterocycles. The monoisotopic (exact) mass is 232 g/mol. The van der Waals surface area contributed by atoms with Crippen molar-refractivity contribution in [3.63, 3.8) is 0 Å². The Kier molecular flexibility index (Phi) is 4.54. The van der Waals surface area contributed by atoms with Crippen molar-refractivity contribution in [3.05, 3.63) is 11.2 Å². The van der Waals surface area contributed by atoms with E-state index in [4.69, 9.17) is 27.5 Å². The molecule has 15 heavy (non-hydrogen) atoms. The van der Waals surface area contributed by atoms with E-state index in [1.54, 1.807) is 4.90 Å². The second-order valence-electron chi connectivity index (χ2n) is 2.83. The standard InChI is InChI=1S/C8H13ClN4O2/c9-6-5-11-8(10)12-7(6)13(1-3-14)2-4-15/h5,14-15H,1-4H2,(H2,10,11,12). The number of hydrogen-bond acceptors (Lipinski definition) is 6. The van der Waals surface area contributed by atoms with Crippen molar-refractivity contribution in [3.8, 4) is 0 Å². The van der Waals surface area contributed by atoms with Crippen molar-refractivity contribution >= 4 is 23.4 Å². The van der Waals surface area contributed by atoms with Gasteiger partial charge in [0.1, 0.15) is 5.02 Å². The number of nitrogen functional groups attached to an aromatic ring is 1. The van der Waals surface area contributed by atoms with E-state index in [0.717, 1.165) is 0 Å². The fraction of sp³-hybridized carbons (Fsp3) is 0.500. The maximum Gasteiger partial charge on any atom is 0.222 e. The van der Waals surface area contributed by atoms with Crippen LogP contribution in [0.3, 0.4) is 0 Å². The number of aromatic nitrogens is 2. The summed E-state index contributed by atoms with van der Waals surface area (Å²) in [4.78, 5) is 9.31. The van der Waals surface area contributed by atoms with Gasteiger partial charge in [0.25, 0.3) is 0 Å². The van der Waals surface area contributed by atoms with E-state index in [9.17, 15) is 0 Å². The van der Waals surface area contributed by atoms with Gasteiger partial charge in [0.2, 0.25) is 5.95 Å². The number of rotatable bonds is 5. The molecule has 0 unspecified atom stereocenters. The Bertz CT molecular complexity index is 318. The Balaban J connectivity index is 2.93. The quantitative estimate of drug-likeness (QED) is 0.634. The van der Waals surface area contributed by atoms with Crippen LogP contribution in [0.2, 0.25) is 5.02 Å². The zero-order valence-electron chi connectivity index (χ0n) is 8.10. The van der Waals surface area contributed by atoms with Gasteiger partial charge in [-0.25, -0.2) is 4.98 Å². The van der Waals surface area contributed by atoms with Gasteiger partial charge in [0.15, 0.2) is 5.82 Å². The zero-order chi connectivity index (χ0) is 11.3. The summed E-state index contributed by atoms with van der Waals surface area (Å²) in [6.45, 7) is 0.550. The number of aliphatic hydroxyl groups excluding tert-OH is 2. The van der Waals surface area contributed by atoms with Crippen LogP contribution >= 0.6 is 11.6 Å². The van der Waals surface area contributed by atoms with Crippen molar-refractivity contribution in [1.29, 1.82) is 0 Å². The molecule has 0 aliphatic rings. The average Bonchev–Trinajstić information content (AvgIpc) is 2.21. The third-order valence-electron chi connectivity index (χ3n) is 1.78. The van der Waals surface area contributed by atoms with Crippen LogP contribution < -0.4 is 10.6 Å². The van der Waals surface area contributed by atoms with Gasteiger partial charge in [-0.3, -0.25) is 0 Å². The molecule has 1 aromatic rings. The molecule has 1 aromatic heterocycles. The number of halogens is 1. The van der Waals surface area contributed by atoms with Crippen molar-refractivity contribution in [1.82, 2.24) is 9.97 Å². The second-order valence-corrected chi connectivity index (χ2v) is 3.24. The molecule has 6 nitrogen and oxygen atoms in total. The molecule has 0 atom stereocenters. The van der Waals surface area contributed by atoms with Crippen LogP contribution in [-0.4, -0.2) is 46.5 Å². The molecule has 7 heteroatoms. The van der Waals surface area contributed by atoms with Crippen molar-refractivity contribution in [2.24, 2.45) is 0 Å². The van der Waals surface area contributed by atoms with Crippen LogP contribution in [0.4, 0.5) is 11.8 Å². The summed E-state index contributed by atoms with van der Waals surface area (Å²) in [6, 6.07) is 0. The predicted octanol–water partition coefficient (Wildman–Crippen LogP) is -0.497. The molecule has 84 valence electrons. The normalized spacial score (nSPS) is 10.3. The largest absolute Gasteiger partial charge is 0.395 e. The third kappa shape index (κ3) is 3.19. The summed E-state index contributed by atoms with van der Waals surface area (Å²) in [5, 5.41) is 18.0. The highest BCUT2D eigenvalue weighted by Gasteiger charge is 2.12. The smallest absolute Gasteiger partial charge is 0.222 e. The minimum absolute atomic E-state index is 0.0553. The minimum Gasteiger partial charge on any atom is -0.395 e. The number of nitrogens with zero attached hydrogens (tertiary/aromatic N) is 3. The SMILES string of the molecule is Nc1ncc(Cl)c(N(CCO)CCO)n1. The van der Waals surface area contributed by atoms with E-state index in [1.807, 2.05) is 0 Å². The van der Waals surface area contributed by atoms with E-state index in [2.05, 4.69) is 9.97 Å². The van der Waals surface area contributed by atoms with Gasteiger partial charge < -0.3 is 20.8 Å². The van der Waals surface area contributed by atoms with Gasteiger partial charge in [0, 0.05) is 13.1 Å². The summed E-state index contributed by atoms with van der Waals surface area (Å²) in [5.41, 5.74) is 5.43. The number of aliphatic hydroxyl groups is 2. The van der Waals surface area contributed by atoms with Gasteiger partial charge in [0.05, 0.1) is 19.4 Å². The number of nitrogens with two attached hydrogens (primary N) is 1. The van der Waals surface area contributed by atoms with E-state index in [-0.39, 0.29) is 19.2 Å². The summed E-state index contributed by atoms with van der Waals surface area (Å²) in [6.07, 6.45) is 1.39. The molecule has 0 aromatic carbocycles. The Hall–Kier alpha value is -1.11. The van der Waals surface area contributed by atoms with Gasteiger partial charge >= 0.3 is 0 Å². The van der Waals surface area contributed by atoms with E-state index >= 15 is 0 Å². The molecule has 1 heterocycles. The van der Waals surface area contributed by atoms with Gasteiger partial charge in [-0.2, -0.15) is 4.98 Å². The van der Waals surface area contributed by atoms with Crippen LogP contribution in [0.25, 0.3) is 0 Å². The Labute approximate surface area is 92.3 Å². The zero-order valence-corrected chi connectivity index (χ0v) is 8.85. The summed E-state index contributed by atoms with van der Waals surface area (Å²) < 4.78 is 0. The predicted molar refractivity (Wildman–Crippen MR) is 57.8 cm³/mol. The van der Waals surface area contributed by atoms with Crippen LogP contribution in [-0.2, 0) is 0 Å². The second kappa shape index (κ2) is 5.69. The van der Waals surface area contributed by atoms with Crippen LogP contribution in [0.5, 0.6) is 0 Å². The molecule has 0 aliphatic carbocycles. The van der Waals surface area contributed by atoms with Gasteiger partial charge in [-0.15, -0.1) is 0 Å². The molecule has 1 rings (SSSR count). The fourth-order valence-corrected chi connectivity index (χ4v) is 1.37. The first kappa shape index (κ1) is 12.0. The maximum atomic E-state index is 8.84. The molecule has 0 radical (unpaired) electrons. The molecule has 0 saturated heterocycles. The van der Waals surface area contributed by atoms with E-state index in [0.29, 0.717) is 23.9 Å². The van der Waals surface area contributed by atoms with Gasteiger partial charge in [-0.1, -0.05) is 11.6 Å². The summed E-state index contributed by atoms with van der Waals surface area (Å²) in [5.74, 6) is 0.530. The molecule has 0 fully saturated rings. The van der Waals surface area contributed by atoms with Crippen LogP contribution in [0, 0.1) is 0 Å². The lowest BCUT2D eigenvalue weighted by Gasteiger charge is -2.22. The first-order valence-electron chi connectivity index (χ1n) is 4.43. The third-order valence-corrected chi connectivity index (χ3v) is 2.05. The van der Waals surface area contributed by atoms with E-state index < -0.39 is 0 Å². The maximum absolute atomic E-state index is 8.84. The van der Waals surface area contributed by atoms with E-state index in [1.165, 1.54) is 6.20 Å². The molecule has 0 spiro atoms. The summed E-state index contributed by atoms with van der Waals surface area (Å²) in [7, 11) is 0.